The number of esters is 1. The first-order valence-electron chi connectivity index (χ1n) is 7.66. The van der Waals surface area contributed by atoms with Crippen LogP contribution in [-0.2, 0) is 16.2 Å². The molecule has 5 nitrogen and oxygen atoms in total. The highest BCUT2D eigenvalue weighted by molar-refractivity contribution is 9.08. The maximum atomic E-state index is 13.1. The van der Waals surface area contributed by atoms with Crippen LogP contribution in [0.25, 0.3) is 0 Å². The maximum Gasteiger partial charge on any atom is 0.416 e. The molecule has 0 saturated heterocycles. The van der Waals surface area contributed by atoms with Crippen molar-refractivity contribution in [2.75, 3.05) is 7.11 Å². The fourth-order valence-electron chi connectivity index (χ4n) is 2.59. The zero-order valence-corrected chi connectivity index (χ0v) is 15.1. The molecule has 0 spiro atoms. The minimum Gasteiger partial charge on any atom is -0.464 e. The van der Waals surface area contributed by atoms with Crippen molar-refractivity contribution in [1.29, 1.82) is 0 Å². The van der Waals surface area contributed by atoms with Crippen LogP contribution in [0.3, 0.4) is 0 Å². The van der Waals surface area contributed by atoms with Crippen molar-refractivity contribution >= 4 is 27.7 Å². The Morgan fingerprint density at radius 1 is 1.31 bits per heavy atom. The SMILES string of the molecule is COC(=O)c1noc(C2CC2)c1C(=O)c1cc(CBr)cc(C(F)(F)F)c1. The van der Waals surface area contributed by atoms with Crippen LogP contribution in [0.4, 0.5) is 13.2 Å². The Kier molecular flexibility index (Phi) is 4.92. The smallest absolute Gasteiger partial charge is 0.416 e. The molecule has 9 heteroatoms. The molecule has 1 aromatic heterocycles. The van der Waals surface area contributed by atoms with Gasteiger partial charge in [-0.3, -0.25) is 4.79 Å². The van der Waals surface area contributed by atoms with Crippen molar-refractivity contribution in [2.45, 2.75) is 30.3 Å². The van der Waals surface area contributed by atoms with E-state index < -0.39 is 23.5 Å². The Morgan fingerprint density at radius 2 is 2.00 bits per heavy atom. The second kappa shape index (κ2) is 6.86. The Bertz CT molecular complexity index is 871. The third kappa shape index (κ3) is 3.53. The molecule has 0 unspecified atom stereocenters. The number of halogens is 4. The van der Waals surface area contributed by atoms with Gasteiger partial charge in [-0.1, -0.05) is 21.1 Å². The lowest BCUT2D eigenvalue weighted by Gasteiger charge is -2.11. The molecule has 0 radical (unpaired) electrons. The van der Waals surface area contributed by atoms with Crippen molar-refractivity contribution < 1.29 is 32.0 Å². The number of rotatable bonds is 5. The Labute approximate surface area is 154 Å². The second-order valence-corrected chi connectivity index (χ2v) is 6.48. The number of alkyl halides is 4. The van der Waals surface area contributed by atoms with Crippen molar-refractivity contribution in [3.05, 3.63) is 51.9 Å². The van der Waals surface area contributed by atoms with Gasteiger partial charge in [-0.15, -0.1) is 0 Å². The number of methoxy groups -OCH3 is 1. The van der Waals surface area contributed by atoms with Crippen LogP contribution in [0, 0.1) is 0 Å². The van der Waals surface area contributed by atoms with Gasteiger partial charge in [0.15, 0.2) is 11.5 Å². The molecular weight excluding hydrogens is 419 g/mol. The summed E-state index contributed by atoms with van der Waals surface area (Å²) >= 11 is 3.10. The number of ketones is 1. The van der Waals surface area contributed by atoms with E-state index >= 15 is 0 Å². The molecule has 1 aliphatic carbocycles. The first kappa shape index (κ1) is 18.6. The standard InChI is InChI=1S/C17H13BrF3NO4/c1-25-16(24)13-12(15(26-22-13)9-2-3-9)14(23)10-4-8(7-18)5-11(6-10)17(19,20)21/h4-6,9H,2-3,7H2,1H3. The molecule has 0 N–H and O–H groups in total. The summed E-state index contributed by atoms with van der Waals surface area (Å²) in [6.07, 6.45) is -3.09. The molecule has 0 atom stereocenters. The van der Waals surface area contributed by atoms with Gasteiger partial charge in [-0.05, 0) is 36.6 Å². The molecule has 3 rings (SSSR count). The van der Waals surface area contributed by atoms with E-state index in [1.54, 1.807) is 0 Å². The average molecular weight is 432 g/mol. The van der Waals surface area contributed by atoms with Gasteiger partial charge in [0.1, 0.15) is 5.56 Å². The van der Waals surface area contributed by atoms with Gasteiger partial charge in [0.25, 0.3) is 0 Å². The Hall–Kier alpha value is -2.16. The molecule has 0 amide bonds. The highest BCUT2D eigenvalue weighted by Gasteiger charge is 2.38. The Morgan fingerprint density at radius 3 is 2.54 bits per heavy atom. The molecule has 1 fully saturated rings. The van der Waals surface area contributed by atoms with Crippen LogP contribution in [0.5, 0.6) is 0 Å². The van der Waals surface area contributed by atoms with Gasteiger partial charge in [0.05, 0.1) is 12.7 Å². The number of hydrogen-bond donors (Lipinski definition) is 0. The minimum atomic E-state index is -4.60. The number of hydrogen-bond acceptors (Lipinski definition) is 5. The lowest BCUT2D eigenvalue weighted by molar-refractivity contribution is -0.137. The van der Waals surface area contributed by atoms with Crippen LogP contribution in [0.15, 0.2) is 22.7 Å². The lowest BCUT2D eigenvalue weighted by atomic mass is 9.96. The topological polar surface area (TPSA) is 69.4 Å². The number of carbonyl (C=O) groups is 2. The largest absolute Gasteiger partial charge is 0.464 e. The number of nitrogens with zero attached hydrogens (tertiary/aromatic N) is 1. The summed E-state index contributed by atoms with van der Waals surface area (Å²) in [5.41, 5.74) is -1.30. The van der Waals surface area contributed by atoms with Crippen molar-refractivity contribution in [1.82, 2.24) is 5.16 Å². The molecule has 1 aliphatic rings. The van der Waals surface area contributed by atoms with E-state index in [4.69, 9.17) is 4.52 Å². The van der Waals surface area contributed by atoms with E-state index in [1.165, 1.54) is 6.07 Å². The number of ether oxygens (including phenoxy) is 1. The van der Waals surface area contributed by atoms with E-state index in [1.807, 2.05) is 0 Å². The van der Waals surface area contributed by atoms with Crippen LogP contribution in [0.2, 0.25) is 0 Å². The fraction of sp³-hybridized carbons (Fsp3) is 0.353. The first-order valence-corrected chi connectivity index (χ1v) is 8.78. The van der Waals surface area contributed by atoms with Gasteiger partial charge in [0.2, 0.25) is 5.69 Å². The van der Waals surface area contributed by atoms with E-state index in [0.717, 1.165) is 32.1 Å². The molecule has 0 aliphatic heterocycles. The summed E-state index contributed by atoms with van der Waals surface area (Å²) in [6.45, 7) is 0. The van der Waals surface area contributed by atoms with Crippen LogP contribution >= 0.6 is 15.9 Å². The van der Waals surface area contributed by atoms with E-state index in [9.17, 15) is 22.8 Å². The molecular formula is C17H13BrF3NO4. The predicted molar refractivity (Wildman–Crippen MR) is 87.3 cm³/mol. The average Bonchev–Trinajstić information content (AvgIpc) is 3.37. The molecule has 138 valence electrons. The van der Waals surface area contributed by atoms with Crippen molar-refractivity contribution in [2.24, 2.45) is 0 Å². The normalized spacial score (nSPS) is 14.3. The summed E-state index contributed by atoms with van der Waals surface area (Å²) < 4.78 is 49.1. The van der Waals surface area contributed by atoms with Crippen molar-refractivity contribution in [3.8, 4) is 0 Å². The molecule has 1 aromatic carbocycles. The monoisotopic (exact) mass is 431 g/mol. The predicted octanol–water partition coefficient (Wildman–Crippen LogP) is 4.48. The lowest BCUT2D eigenvalue weighted by Crippen LogP contribution is -2.14. The van der Waals surface area contributed by atoms with E-state index in [0.29, 0.717) is 0 Å². The molecule has 1 saturated carbocycles. The molecule has 1 heterocycles. The van der Waals surface area contributed by atoms with Crippen LogP contribution in [0.1, 0.15) is 62.1 Å². The summed E-state index contributed by atoms with van der Waals surface area (Å²) in [4.78, 5) is 24.8. The molecule has 26 heavy (non-hydrogen) atoms. The molecule has 2 aromatic rings. The number of carbonyl (C=O) groups excluding carboxylic acids is 2. The second-order valence-electron chi connectivity index (χ2n) is 5.92. The molecule has 0 bridgehead atoms. The highest BCUT2D eigenvalue weighted by Crippen LogP contribution is 2.43. The summed E-state index contributed by atoms with van der Waals surface area (Å²) in [5, 5.41) is 3.75. The van der Waals surface area contributed by atoms with E-state index in [-0.39, 0.29) is 39.4 Å². The minimum absolute atomic E-state index is 0.0682. The number of aromatic nitrogens is 1. The summed E-state index contributed by atoms with van der Waals surface area (Å²) in [6, 6.07) is 3.07. The van der Waals surface area contributed by atoms with Crippen molar-refractivity contribution in [3.63, 3.8) is 0 Å². The summed E-state index contributed by atoms with van der Waals surface area (Å²) in [7, 11) is 1.12. The van der Waals surface area contributed by atoms with Gasteiger partial charge in [-0.25, -0.2) is 4.79 Å². The zero-order chi connectivity index (χ0) is 19.1. The van der Waals surface area contributed by atoms with Gasteiger partial charge in [0, 0.05) is 16.8 Å². The van der Waals surface area contributed by atoms with Gasteiger partial charge >= 0.3 is 12.1 Å². The third-order valence-electron chi connectivity index (χ3n) is 4.01. The van der Waals surface area contributed by atoms with Crippen LogP contribution < -0.4 is 0 Å². The van der Waals surface area contributed by atoms with Gasteiger partial charge < -0.3 is 9.26 Å². The quantitative estimate of drug-likeness (QED) is 0.396. The fourth-order valence-corrected chi connectivity index (χ4v) is 2.91. The zero-order valence-electron chi connectivity index (χ0n) is 13.5. The van der Waals surface area contributed by atoms with Crippen LogP contribution in [-0.4, -0.2) is 24.0 Å². The van der Waals surface area contributed by atoms with Gasteiger partial charge in [-0.2, -0.15) is 13.2 Å². The van der Waals surface area contributed by atoms with E-state index in [2.05, 4.69) is 25.8 Å². The third-order valence-corrected chi connectivity index (χ3v) is 4.66. The highest BCUT2D eigenvalue weighted by atomic mass is 79.9. The summed E-state index contributed by atoms with van der Waals surface area (Å²) in [5.74, 6) is -1.48. The Balaban J connectivity index is 2.13. The number of benzene rings is 1. The maximum absolute atomic E-state index is 13.1. The first-order chi connectivity index (χ1) is 12.3.